The Bertz CT molecular complexity index is 814. The predicted molar refractivity (Wildman–Crippen MR) is 92.6 cm³/mol. The van der Waals surface area contributed by atoms with Crippen LogP contribution in [0.1, 0.15) is 37.4 Å². The number of nitrogens with one attached hydrogen (secondary N) is 1. The van der Waals surface area contributed by atoms with E-state index in [1.165, 1.54) is 0 Å². The number of halogens is 1. The van der Waals surface area contributed by atoms with Crippen LogP contribution in [-0.2, 0) is 4.74 Å². The number of hydrogen-bond acceptors (Lipinski definition) is 4. The summed E-state index contributed by atoms with van der Waals surface area (Å²) in [7, 11) is 1.62. The molecule has 3 rings (SSSR count). The number of ether oxygens (including phenoxy) is 1. The normalized spacial score (nSPS) is 12.8. The molecule has 0 amide bonds. The molecule has 0 fully saturated rings. The highest BCUT2D eigenvalue weighted by atomic mass is 79.9. The first-order chi connectivity index (χ1) is 11.1. The molecule has 0 atom stereocenters. The quantitative estimate of drug-likeness (QED) is 0.710. The highest BCUT2D eigenvalue weighted by Gasteiger charge is 2.34. The third-order valence-electron chi connectivity index (χ3n) is 3.95. The molecule has 0 aromatic heterocycles. The average molecular weight is 374 g/mol. The lowest BCUT2D eigenvalue weighted by molar-refractivity contribution is 0.0979. The Morgan fingerprint density at radius 2 is 1.70 bits per heavy atom. The van der Waals surface area contributed by atoms with Crippen molar-refractivity contribution in [3.63, 3.8) is 0 Å². The van der Waals surface area contributed by atoms with Crippen molar-refractivity contribution in [3.05, 3.63) is 62.6 Å². The zero-order valence-corrected chi connectivity index (χ0v) is 14.5. The summed E-state index contributed by atoms with van der Waals surface area (Å²) >= 11 is 3.44. The zero-order chi connectivity index (χ0) is 16.6. The number of rotatable bonds is 4. The van der Waals surface area contributed by atoms with Crippen LogP contribution in [0.4, 0.5) is 5.69 Å². The molecular weight excluding hydrogens is 358 g/mol. The number of methoxy groups -OCH3 is 1. The van der Waals surface area contributed by atoms with Crippen molar-refractivity contribution in [1.29, 1.82) is 0 Å². The summed E-state index contributed by atoms with van der Waals surface area (Å²) in [6.07, 6.45) is 0. The molecule has 2 aromatic rings. The average Bonchev–Trinajstić information content (AvgIpc) is 2.54. The Morgan fingerprint density at radius 1 is 1.09 bits per heavy atom. The molecule has 1 N–H and O–H groups in total. The Balaban J connectivity index is 2.20. The molecule has 0 bridgehead atoms. The van der Waals surface area contributed by atoms with Crippen LogP contribution in [0.2, 0.25) is 0 Å². The van der Waals surface area contributed by atoms with Crippen LogP contribution in [0.15, 0.2) is 34.8 Å². The first-order valence-electron chi connectivity index (χ1n) is 7.30. The van der Waals surface area contributed by atoms with Crippen molar-refractivity contribution in [2.45, 2.75) is 6.92 Å². The minimum atomic E-state index is -0.128. The fourth-order valence-corrected chi connectivity index (χ4v) is 3.60. The second-order valence-corrected chi connectivity index (χ2v) is 6.28. The van der Waals surface area contributed by atoms with E-state index in [9.17, 15) is 9.59 Å². The first-order valence-corrected chi connectivity index (χ1v) is 8.10. The van der Waals surface area contributed by atoms with E-state index in [1.807, 2.05) is 13.0 Å². The monoisotopic (exact) mass is 373 g/mol. The molecule has 0 spiro atoms. The van der Waals surface area contributed by atoms with Gasteiger partial charge in [0, 0.05) is 34.9 Å². The number of anilines is 1. The maximum atomic E-state index is 13.0. The summed E-state index contributed by atoms with van der Waals surface area (Å²) in [5.41, 5.74) is 3.39. The number of ketones is 2. The van der Waals surface area contributed by atoms with Crippen molar-refractivity contribution >= 4 is 33.2 Å². The van der Waals surface area contributed by atoms with Gasteiger partial charge in [0.1, 0.15) is 0 Å². The third-order valence-corrected chi connectivity index (χ3v) is 4.58. The van der Waals surface area contributed by atoms with E-state index < -0.39 is 0 Å². The molecule has 0 aliphatic heterocycles. The minimum Gasteiger partial charge on any atom is -0.383 e. The van der Waals surface area contributed by atoms with Crippen LogP contribution >= 0.6 is 15.9 Å². The van der Waals surface area contributed by atoms with Gasteiger partial charge in [0.05, 0.1) is 17.7 Å². The van der Waals surface area contributed by atoms with E-state index in [-0.39, 0.29) is 11.6 Å². The van der Waals surface area contributed by atoms with Crippen molar-refractivity contribution in [1.82, 2.24) is 0 Å². The van der Waals surface area contributed by atoms with E-state index in [2.05, 4.69) is 21.2 Å². The summed E-state index contributed by atoms with van der Waals surface area (Å²) < 4.78 is 5.70. The summed E-state index contributed by atoms with van der Waals surface area (Å²) in [6, 6.07) is 8.82. The molecule has 0 heterocycles. The van der Waals surface area contributed by atoms with Crippen LogP contribution in [-0.4, -0.2) is 31.8 Å². The summed E-state index contributed by atoms with van der Waals surface area (Å²) in [4.78, 5) is 25.8. The Labute approximate surface area is 143 Å². The van der Waals surface area contributed by atoms with Crippen LogP contribution in [0.5, 0.6) is 0 Å². The third kappa shape index (κ3) is 2.60. The Kier molecular flexibility index (Phi) is 4.33. The number of fused-ring (bicyclic) bond motifs is 2. The Morgan fingerprint density at radius 3 is 2.30 bits per heavy atom. The van der Waals surface area contributed by atoms with Gasteiger partial charge in [-0.15, -0.1) is 0 Å². The molecule has 0 unspecified atom stereocenters. The number of aryl methyl sites for hydroxylation is 1. The van der Waals surface area contributed by atoms with Crippen LogP contribution in [0, 0.1) is 6.92 Å². The van der Waals surface area contributed by atoms with E-state index in [1.54, 1.807) is 31.4 Å². The summed E-state index contributed by atoms with van der Waals surface area (Å²) in [5, 5.41) is 3.23. The highest BCUT2D eigenvalue weighted by molar-refractivity contribution is 9.10. The lowest BCUT2D eigenvalue weighted by atomic mass is 9.82. The van der Waals surface area contributed by atoms with Gasteiger partial charge in [0.25, 0.3) is 0 Å². The van der Waals surface area contributed by atoms with Gasteiger partial charge in [-0.05, 0) is 34.5 Å². The molecule has 0 radical (unpaired) electrons. The maximum absolute atomic E-state index is 13.0. The molecule has 0 saturated heterocycles. The summed E-state index contributed by atoms with van der Waals surface area (Å²) in [6.45, 7) is 3.00. The minimum absolute atomic E-state index is 0.125. The largest absolute Gasteiger partial charge is 0.383 e. The number of carbonyl (C=O) groups excluding carboxylic acids is 2. The van der Waals surface area contributed by atoms with Gasteiger partial charge in [-0.1, -0.05) is 24.3 Å². The maximum Gasteiger partial charge on any atom is 0.196 e. The second kappa shape index (κ2) is 6.26. The van der Waals surface area contributed by atoms with E-state index in [0.29, 0.717) is 45.6 Å². The van der Waals surface area contributed by atoms with Gasteiger partial charge in [-0.25, -0.2) is 0 Å². The van der Waals surface area contributed by atoms with Crippen LogP contribution in [0.25, 0.3) is 0 Å². The summed E-state index contributed by atoms with van der Waals surface area (Å²) in [5.74, 6) is -0.253. The molecule has 118 valence electrons. The smallest absolute Gasteiger partial charge is 0.196 e. The number of benzene rings is 2. The topological polar surface area (TPSA) is 55.4 Å². The molecular formula is C18H16BrNO3. The zero-order valence-electron chi connectivity index (χ0n) is 12.9. The lowest BCUT2D eigenvalue weighted by Crippen LogP contribution is -2.24. The van der Waals surface area contributed by atoms with E-state index in [0.717, 1.165) is 5.56 Å². The van der Waals surface area contributed by atoms with Gasteiger partial charge in [0.2, 0.25) is 0 Å². The number of carbonyl (C=O) groups is 2. The van der Waals surface area contributed by atoms with Gasteiger partial charge in [-0.3, -0.25) is 9.59 Å². The molecule has 23 heavy (non-hydrogen) atoms. The molecule has 2 aromatic carbocycles. The SMILES string of the molecule is COCCNc1c(C)cc(Br)c2c1C(=O)c1ccccc1C2=O. The number of hydrogen-bond donors (Lipinski definition) is 1. The van der Waals surface area contributed by atoms with Gasteiger partial charge in [0.15, 0.2) is 11.6 Å². The fourth-order valence-electron chi connectivity index (χ4n) is 2.88. The van der Waals surface area contributed by atoms with E-state index >= 15 is 0 Å². The van der Waals surface area contributed by atoms with Crippen molar-refractivity contribution < 1.29 is 14.3 Å². The van der Waals surface area contributed by atoms with Crippen molar-refractivity contribution in [3.8, 4) is 0 Å². The predicted octanol–water partition coefficient (Wildman–Crippen LogP) is 3.59. The molecule has 1 aliphatic carbocycles. The molecule has 1 aliphatic rings. The van der Waals surface area contributed by atoms with Gasteiger partial charge in [-0.2, -0.15) is 0 Å². The van der Waals surface area contributed by atoms with Gasteiger partial charge < -0.3 is 10.1 Å². The molecule has 4 nitrogen and oxygen atoms in total. The first kappa shape index (κ1) is 15.9. The van der Waals surface area contributed by atoms with E-state index in [4.69, 9.17) is 4.74 Å². The van der Waals surface area contributed by atoms with Crippen LogP contribution < -0.4 is 5.32 Å². The van der Waals surface area contributed by atoms with Crippen LogP contribution in [0.3, 0.4) is 0 Å². The molecule has 0 saturated carbocycles. The van der Waals surface area contributed by atoms with Gasteiger partial charge >= 0.3 is 0 Å². The highest BCUT2D eigenvalue weighted by Crippen LogP contribution is 2.38. The van der Waals surface area contributed by atoms with Crippen molar-refractivity contribution in [2.75, 3.05) is 25.6 Å². The molecule has 5 heteroatoms. The Hall–Kier alpha value is -1.98. The van der Waals surface area contributed by atoms with Crippen molar-refractivity contribution in [2.24, 2.45) is 0 Å². The lowest BCUT2D eigenvalue weighted by Gasteiger charge is -2.23. The fraction of sp³-hybridized carbons (Fsp3) is 0.222. The second-order valence-electron chi connectivity index (χ2n) is 5.42. The standard InChI is InChI=1S/C18H16BrNO3/c1-10-9-13(19)14-15(16(10)20-7-8-23-2)18(22)12-6-4-3-5-11(12)17(14)21/h3-6,9,20H,7-8H2,1-2H3.